The highest BCUT2D eigenvalue weighted by atomic mass is 79.9. The Bertz CT molecular complexity index is 1010. The predicted molar refractivity (Wildman–Crippen MR) is 113 cm³/mol. The highest BCUT2D eigenvalue weighted by molar-refractivity contribution is 9.10. The second-order valence-electron chi connectivity index (χ2n) is 7.22. The maximum absolute atomic E-state index is 13.6. The average Bonchev–Trinajstić information content (AvgIpc) is 2.84. The number of halogens is 1. The number of nitrogens with zero attached hydrogens (tertiary/aromatic N) is 1. The lowest BCUT2D eigenvalue weighted by atomic mass is 9.83. The molecule has 4 rings (SSSR count). The SMILES string of the molecule is Cc1cc(C)cc([C@@]2(N)C(=O)N(Cc3ccccc3)c3ccc(Br)cc32)c1. The van der Waals surface area contributed by atoms with Crippen LogP contribution in [0.15, 0.2) is 71.2 Å². The smallest absolute Gasteiger partial charge is 0.256 e. The summed E-state index contributed by atoms with van der Waals surface area (Å²) in [6, 6.07) is 22.0. The van der Waals surface area contributed by atoms with E-state index in [1.54, 1.807) is 4.90 Å². The summed E-state index contributed by atoms with van der Waals surface area (Å²) in [5.41, 5.74) is 11.5. The van der Waals surface area contributed by atoms with E-state index in [4.69, 9.17) is 5.73 Å². The van der Waals surface area contributed by atoms with Crippen molar-refractivity contribution in [1.82, 2.24) is 0 Å². The van der Waals surface area contributed by atoms with Gasteiger partial charge in [-0.25, -0.2) is 0 Å². The molecule has 27 heavy (non-hydrogen) atoms. The van der Waals surface area contributed by atoms with Crippen LogP contribution in [-0.2, 0) is 16.9 Å². The second-order valence-corrected chi connectivity index (χ2v) is 8.14. The largest absolute Gasteiger partial charge is 0.310 e. The minimum atomic E-state index is -1.19. The summed E-state index contributed by atoms with van der Waals surface area (Å²) in [5.74, 6) is -0.0931. The van der Waals surface area contributed by atoms with Crippen molar-refractivity contribution in [2.45, 2.75) is 25.9 Å². The summed E-state index contributed by atoms with van der Waals surface area (Å²) >= 11 is 3.54. The van der Waals surface area contributed by atoms with E-state index in [1.165, 1.54) is 0 Å². The Balaban J connectivity index is 1.88. The molecule has 0 bridgehead atoms. The van der Waals surface area contributed by atoms with Crippen molar-refractivity contribution in [3.05, 3.63) is 99.0 Å². The highest BCUT2D eigenvalue weighted by Gasteiger charge is 2.49. The Kier molecular flexibility index (Phi) is 4.41. The van der Waals surface area contributed by atoms with Crippen LogP contribution in [0.2, 0.25) is 0 Å². The number of hydrogen-bond donors (Lipinski definition) is 1. The number of benzene rings is 3. The Hall–Kier alpha value is -2.43. The van der Waals surface area contributed by atoms with Crippen molar-refractivity contribution >= 4 is 27.5 Å². The third-order valence-corrected chi connectivity index (χ3v) is 5.61. The molecule has 3 aromatic rings. The van der Waals surface area contributed by atoms with Gasteiger partial charge in [-0.15, -0.1) is 0 Å². The summed E-state index contributed by atoms with van der Waals surface area (Å²) in [4.78, 5) is 15.4. The van der Waals surface area contributed by atoms with E-state index in [2.05, 4.69) is 22.0 Å². The molecule has 3 aromatic carbocycles. The Morgan fingerprint density at radius 3 is 2.30 bits per heavy atom. The van der Waals surface area contributed by atoms with Gasteiger partial charge < -0.3 is 10.6 Å². The van der Waals surface area contributed by atoms with Crippen molar-refractivity contribution in [3.8, 4) is 0 Å². The van der Waals surface area contributed by atoms with Gasteiger partial charge in [0, 0.05) is 10.0 Å². The topological polar surface area (TPSA) is 46.3 Å². The first kappa shape index (κ1) is 18.0. The van der Waals surface area contributed by atoms with Crippen LogP contribution in [0.4, 0.5) is 5.69 Å². The zero-order valence-electron chi connectivity index (χ0n) is 15.4. The number of nitrogens with two attached hydrogens (primary N) is 1. The summed E-state index contributed by atoms with van der Waals surface area (Å²) in [6.45, 7) is 4.56. The van der Waals surface area contributed by atoms with Gasteiger partial charge in [0.2, 0.25) is 0 Å². The van der Waals surface area contributed by atoms with Crippen molar-refractivity contribution in [1.29, 1.82) is 0 Å². The summed E-state index contributed by atoms with van der Waals surface area (Å²) < 4.78 is 0.912. The fourth-order valence-electron chi connectivity index (χ4n) is 3.90. The van der Waals surface area contributed by atoms with Gasteiger partial charge in [0.15, 0.2) is 0 Å². The van der Waals surface area contributed by atoms with Crippen molar-refractivity contribution in [3.63, 3.8) is 0 Å². The number of carbonyl (C=O) groups is 1. The monoisotopic (exact) mass is 420 g/mol. The maximum atomic E-state index is 13.6. The first-order valence-corrected chi connectivity index (χ1v) is 9.72. The van der Waals surface area contributed by atoms with Crippen molar-refractivity contribution in [2.24, 2.45) is 5.73 Å². The minimum absolute atomic E-state index is 0.0931. The molecule has 0 radical (unpaired) electrons. The van der Waals surface area contributed by atoms with Crippen molar-refractivity contribution < 1.29 is 4.79 Å². The van der Waals surface area contributed by atoms with E-state index in [9.17, 15) is 4.79 Å². The van der Waals surface area contributed by atoms with Crippen LogP contribution < -0.4 is 10.6 Å². The van der Waals surface area contributed by atoms with Crippen LogP contribution >= 0.6 is 15.9 Å². The molecule has 0 unspecified atom stereocenters. The number of carbonyl (C=O) groups excluding carboxylic acids is 1. The van der Waals surface area contributed by atoms with E-state index < -0.39 is 5.54 Å². The van der Waals surface area contributed by atoms with Crippen LogP contribution in [-0.4, -0.2) is 5.91 Å². The van der Waals surface area contributed by atoms with Crippen LogP contribution in [0.1, 0.15) is 27.8 Å². The number of anilines is 1. The molecule has 2 N–H and O–H groups in total. The molecule has 0 fully saturated rings. The molecule has 1 amide bonds. The molecule has 0 spiro atoms. The molecule has 1 aliphatic heterocycles. The first-order chi connectivity index (χ1) is 12.9. The fourth-order valence-corrected chi connectivity index (χ4v) is 4.26. The zero-order valence-corrected chi connectivity index (χ0v) is 17.0. The van der Waals surface area contributed by atoms with E-state index in [0.29, 0.717) is 6.54 Å². The molecular weight excluding hydrogens is 400 g/mol. The molecule has 1 atom stereocenters. The quantitative estimate of drug-likeness (QED) is 0.660. The normalized spacial score (nSPS) is 18.7. The molecule has 0 aliphatic carbocycles. The van der Waals surface area contributed by atoms with Gasteiger partial charge in [-0.2, -0.15) is 0 Å². The van der Waals surface area contributed by atoms with Crippen LogP contribution in [0, 0.1) is 13.8 Å². The van der Waals surface area contributed by atoms with Gasteiger partial charge in [-0.05, 0) is 43.2 Å². The summed E-state index contributed by atoms with van der Waals surface area (Å²) in [5, 5.41) is 0. The Morgan fingerprint density at radius 2 is 1.63 bits per heavy atom. The van der Waals surface area contributed by atoms with E-state index in [1.807, 2.05) is 74.5 Å². The van der Waals surface area contributed by atoms with E-state index in [0.717, 1.165) is 38.0 Å². The number of fused-ring (bicyclic) bond motifs is 1. The maximum Gasteiger partial charge on any atom is 0.256 e. The Morgan fingerprint density at radius 1 is 0.963 bits per heavy atom. The lowest BCUT2D eigenvalue weighted by Crippen LogP contribution is -2.48. The third-order valence-electron chi connectivity index (χ3n) is 5.12. The minimum Gasteiger partial charge on any atom is -0.310 e. The fraction of sp³-hybridized carbons (Fsp3) is 0.174. The summed E-state index contributed by atoms with van der Waals surface area (Å²) in [6.07, 6.45) is 0. The molecular formula is C23H21BrN2O. The van der Waals surface area contributed by atoms with Gasteiger partial charge in [0.05, 0.1) is 12.2 Å². The summed E-state index contributed by atoms with van der Waals surface area (Å²) in [7, 11) is 0. The molecule has 1 heterocycles. The van der Waals surface area contributed by atoms with Gasteiger partial charge in [0.25, 0.3) is 5.91 Å². The Labute approximate surface area is 167 Å². The van der Waals surface area contributed by atoms with Gasteiger partial charge in [-0.1, -0.05) is 75.6 Å². The van der Waals surface area contributed by atoms with E-state index >= 15 is 0 Å². The average molecular weight is 421 g/mol. The zero-order chi connectivity index (χ0) is 19.2. The second kappa shape index (κ2) is 6.63. The number of aryl methyl sites for hydroxylation is 2. The van der Waals surface area contributed by atoms with Crippen LogP contribution in [0.3, 0.4) is 0 Å². The molecule has 0 saturated carbocycles. The molecule has 136 valence electrons. The van der Waals surface area contributed by atoms with Crippen LogP contribution in [0.25, 0.3) is 0 Å². The first-order valence-electron chi connectivity index (χ1n) is 8.93. The number of amides is 1. The highest BCUT2D eigenvalue weighted by Crippen LogP contribution is 2.44. The lowest BCUT2D eigenvalue weighted by Gasteiger charge is -2.26. The molecule has 4 heteroatoms. The lowest BCUT2D eigenvalue weighted by molar-refractivity contribution is -0.121. The molecule has 0 aromatic heterocycles. The van der Waals surface area contributed by atoms with Crippen molar-refractivity contribution in [2.75, 3.05) is 4.90 Å². The molecule has 1 aliphatic rings. The third kappa shape index (κ3) is 2.99. The molecule has 0 saturated heterocycles. The van der Waals surface area contributed by atoms with E-state index in [-0.39, 0.29) is 5.91 Å². The van der Waals surface area contributed by atoms with Crippen LogP contribution in [0.5, 0.6) is 0 Å². The predicted octanol–water partition coefficient (Wildman–Crippen LogP) is 4.82. The molecule has 3 nitrogen and oxygen atoms in total. The standard InChI is InChI=1S/C23H21BrN2O/c1-15-10-16(2)12-18(11-15)23(25)20-13-19(24)8-9-21(20)26(22(23)27)14-17-6-4-3-5-7-17/h3-13H,14,25H2,1-2H3/t23-/m0/s1. The van der Waals surface area contributed by atoms with Gasteiger partial charge in [0.1, 0.15) is 5.54 Å². The number of hydrogen-bond acceptors (Lipinski definition) is 2. The van der Waals surface area contributed by atoms with Gasteiger partial charge in [-0.3, -0.25) is 4.79 Å². The number of rotatable bonds is 3. The van der Waals surface area contributed by atoms with Gasteiger partial charge >= 0.3 is 0 Å².